The maximum absolute atomic E-state index is 11.3. The van der Waals surface area contributed by atoms with E-state index in [2.05, 4.69) is 22.6 Å². The van der Waals surface area contributed by atoms with Crippen LogP contribution in [0.2, 0.25) is 0 Å². The standard InChI is InChI=1S/C18H13IN2O6/c1-20-13-7-14(23)12(17(24)25)6-11(13)15(19)16(20)9-3-2-4-10(5-9)21(8-22)18(26)27/h2-8,23H,1H3,(H,24,25)(H,26,27). The molecule has 0 aliphatic carbocycles. The Labute approximate surface area is 166 Å². The summed E-state index contributed by atoms with van der Waals surface area (Å²) in [5.41, 5.74) is 1.94. The van der Waals surface area contributed by atoms with Gasteiger partial charge in [-0.1, -0.05) is 12.1 Å². The van der Waals surface area contributed by atoms with Crippen molar-refractivity contribution in [2.24, 2.45) is 7.05 Å². The molecule has 1 heterocycles. The third-order valence-corrected chi connectivity index (χ3v) is 5.29. The second kappa shape index (κ2) is 6.91. The topological polar surface area (TPSA) is 120 Å². The van der Waals surface area contributed by atoms with Gasteiger partial charge in [0.1, 0.15) is 11.3 Å². The number of carbonyl (C=O) groups is 3. The van der Waals surface area contributed by atoms with Crippen molar-refractivity contribution in [3.05, 3.63) is 45.5 Å². The van der Waals surface area contributed by atoms with Gasteiger partial charge >= 0.3 is 12.1 Å². The number of aromatic hydroxyl groups is 1. The summed E-state index contributed by atoms with van der Waals surface area (Å²) >= 11 is 2.07. The predicted molar refractivity (Wildman–Crippen MR) is 106 cm³/mol. The number of anilines is 1. The Hall–Kier alpha value is -3.08. The Morgan fingerprint density at radius 3 is 2.48 bits per heavy atom. The first kappa shape index (κ1) is 18.7. The largest absolute Gasteiger partial charge is 0.507 e. The van der Waals surface area contributed by atoms with E-state index in [1.165, 1.54) is 18.2 Å². The second-order valence-corrected chi connectivity index (χ2v) is 6.80. The number of aromatic nitrogens is 1. The van der Waals surface area contributed by atoms with Crippen molar-refractivity contribution >= 4 is 57.7 Å². The molecule has 0 fully saturated rings. The summed E-state index contributed by atoms with van der Waals surface area (Å²) in [5, 5.41) is 29.0. The highest BCUT2D eigenvalue weighted by Crippen LogP contribution is 2.37. The lowest BCUT2D eigenvalue weighted by atomic mass is 10.1. The van der Waals surface area contributed by atoms with E-state index in [0.717, 1.165) is 3.57 Å². The smallest absolute Gasteiger partial charge is 0.418 e. The minimum atomic E-state index is -1.40. The first-order valence-electron chi connectivity index (χ1n) is 7.58. The van der Waals surface area contributed by atoms with Crippen LogP contribution in [0.4, 0.5) is 10.5 Å². The van der Waals surface area contributed by atoms with Gasteiger partial charge in [0.2, 0.25) is 6.41 Å². The van der Waals surface area contributed by atoms with E-state index in [0.29, 0.717) is 27.1 Å². The zero-order chi connectivity index (χ0) is 19.9. The van der Waals surface area contributed by atoms with Crippen molar-refractivity contribution < 1.29 is 29.7 Å². The van der Waals surface area contributed by atoms with Crippen molar-refractivity contribution in [3.8, 4) is 17.0 Å². The molecule has 138 valence electrons. The maximum atomic E-state index is 11.3. The van der Waals surface area contributed by atoms with Crippen molar-refractivity contribution in [1.82, 2.24) is 4.57 Å². The van der Waals surface area contributed by atoms with Crippen molar-refractivity contribution in [2.75, 3.05) is 4.90 Å². The average Bonchev–Trinajstić information content (AvgIpc) is 2.85. The molecule has 0 aliphatic heterocycles. The third-order valence-electron chi connectivity index (χ3n) is 4.19. The molecule has 0 aliphatic rings. The molecular formula is C18H13IN2O6. The fourth-order valence-electron chi connectivity index (χ4n) is 2.94. The zero-order valence-electron chi connectivity index (χ0n) is 13.9. The van der Waals surface area contributed by atoms with Gasteiger partial charge in [-0.2, -0.15) is 0 Å². The number of nitrogens with zero attached hydrogens (tertiary/aromatic N) is 2. The minimum Gasteiger partial charge on any atom is -0.507 e. The first-order chi connectivity index (χ1) is 12.8. The number of carboxylic acids is 1. The van der Waals surface area contributed by atoms with Gasteiger partial charge < -0.3 is 19.9 Å². The summed E-state index contributed by atoms with van der Waals surface area (Å²) < 4.78 is 2.51. The molecule has 2 amide bonds. The number of aromatic carboxylic acids is 1. The highest BCUT2D eigenvalue weighted by atomic mass is 127. The van der Waals surface area contributed by atoms with Crippen LogP contribution in [-0.4, -0.2) is 38.4 Å². The molecular weight excluding hydrogens is 467 g/mol. The maximum Gasteiger partial charge on any atom is 0.418 e. The first-order valence-corrected chi connectivity index (χ1v) is 8.66. The van der Waals surface area contributed by atoms with Gasteiger partial charge in [0.25, 0.3) is 0 Å². The van der Waals surface area contributed by atoms with Crippen LogP contribution in [0.1, 0.15) is 10.4 Å². The lowest BCUT2D eigenvalue weighted by Gasteiger charge is -2.13. The molecule has 8 nitrogen and oxygen atoms in total. The number of halogens is 1. The number of hydrogen-bond donors (Lipinski definition) is 3. The Morgan fingerprint density at radius 2 is 1.89 bits per heavy atom. The zero-order valence-corrected chi connectivity index (χ0v) is 16.0. The highest BCUT2D eigenvalue weighted by molar-refractivity contribution is 14.1. The van der Waals surface area contributed by atoms with E-state index in [-0.39, 0.29) is 23.4 Å². The summed E-state index contributed by atoms with van der Waals surface area (Å²) in [4.78, 5) is 34.1. The normalized spacial score (nSPS) is 10.7. The van der Waals surface area contributed by atoms with Gasteiger partial charge in [-0.25, -0.2) is 14.5 Å². The summed E-state index contributed by atoms with van der Waals surface area (Å²) in [7, 11) is 1.75. The van der Waals surface area contributed by atoms with Crippen LogP contribution in [0.25, 0.3) is 22.2 Å². The number of carboxylic acid groups (broad SMARTS) is 2. The molecule has 0 unspecified atom stereocenters. The number of aryl methyl sites for hydroxylation is 1. The monoisotopic (exact) mass is 480 g/mol. The van der Waals surface area contributed by atoms with Gasteiger partial charge in [-0.3, -0.25) is 4.79 Å². The fraction of sp³-hybridized carbons (Fsp3) is 0.0556. The molecule has 1 aromatic heterocycles. The molecule has 9 heteroatoms. The quantitative estimate of drug-likeness (QED) is 0.389. The van der Waals surface area contributed by atoms with E-state index in [9.17, 15) is 24.6 Å². The Morgan fingerprint density at radius 1 is 1.19 bits per heavy atom. The number of hydrogen-bond acceptors (Lipinski definition) is 4. The molecule has 0 saturated heterocycles. The predicted octanol–water partition coefficient (Wildman–Crippen LogP) is 3.49. The van der Waals surface area contributed by atoms with Gasteiger partial charge in [0, 0.05) is 27.6 Å². The Bertz CT molecular complexity index is 1100. The lowest BCUT2D eigenvalue weighted by molar-refractivity contribution is -0.107. The van der Waals surface area contributed by atoms with Crippen LogP contribution < -0.4 is 4.90 Å². The Balaban J connectivity index is 2.25. The molecule has 3 aromatic rings. The molecule has 0 atom stereocenters. The molecule has 2 aromatic carbocycles. The lowest BCUT2D eigenvalue weighted by Crippen LogP contribution is -2.27. The van der Waals surface area contributed by atoms with Crippen LogP contribution in [0.3, 0.4) is 0 Å². The van der Waals surface area contributed by atoms with Crippen LogP contribution in [-0.2, 0) is 11.8 Å². The fourth-order valence-corrected chi connectivity index (χ4v) is 4.04. The van der Waals surface area contributed by atoms with Crippen molar-refractivity contribution in [3.63, 3.8) is 0 Å². The molecule has 27 heavy (non-hydrogen) atoms. The summed E-state index contributed by atoms with van der Waals surface area (Å²) in [6, 6.07) is 9.20. The molecule has 0 radical (unpaired) electrons. The molecule has 0 saturated carbocycles. The highest BCUT2D eigenvalue weighted by Gasteiger charge is 2.21. The summed E-state index contributed by atoms with van der Waals surface area (Å²) in [5.74, 6) is -1.58. The van der Waals surface area contributed by atoms with Crippen LogP contribution in [0, 0.1) is 3.57 Å². The van der Waals surface area contributed by atoms with Gasteiger partial charge in [0.15, 0.2) is 0 Å². The number of fused-ring (bicyclic) bond motifs is 1. The second-order valence-electron chi connectivity index (χ2n) is 5.72. The molecule has 3 N–H and O–H groups in total. The molecule has 3 rings (SSSR count). The van der Waals surface area contributed by atoms with E-state index >= 15 is 0 Å². The third kappa shape index (κ3) is 3.10. The van der Waals surface area contributed by atoms with Crippen molar-refractivity contribution in [1.29, 1.82) is 0 Å². The SMILES string of the molecule is Cn1c(-c2cccc(N(C=O)C(=O)O)c2)c(I)c2cc(C(=O)O)c(O)cc21. The van der Waals surface area contributed by atoms with E-state index < -0.39 is 12.1 Å². The number of amides is 2. The van der Waals surface area contributed by atoms with Gasteiger partial charge in [0.05, 0.1) is 16.9 Å². The number of carbonyl (C=O) groups excluding carboxylic acids is 1. The van der Waals surface area contributed by atoms with Crippen LogP contribution in [0.15, 0.2) is 36.4 Å². The molecule has 0 bridgehead atoms. The van der Waals surface area contributed by atoms with E-state index in [1.54, 1.807) is 29.8 Å². The van der Waals surface area contributed by atoms with E-state index in [4.69, 9.17) is 5.11 Å². The van der Waals surface area contributed by atoms with Crippen LogP contribution >= 0.6 is 22.6 Å². The average molecular weight is 480 g/mol. The number of phenols is 1. The number of imide groups is 1. The minimum absolute atomic E-state index is 0.185. The van der Waals surface area contributed by atoms with Crippen molar-refractivity contribution in [2.45, 2.75) is 0 Å². The van der Waals surface area contributed by atoms with E-state index in [1.807, 2.05) is 0 Å². The van der Waals surface area contributed by atoms with Gasteiger partial charge in [-0.05, 0) is 40.8 Å². The summed E-state index contributed by atoms with van der Waals surface area (Å²) in [6.07, 6.45) is -1.18. The summed E-state index contributed by atoms with van der Waals surface area (Å²) in [6.45, 7) is 0. The van der Waals surface area contributed by atoms with Gasteiger partial charge in [-0.15, -0.1) is 0 Å². The Kier molecular flexibility index (Phi) is 4.79. The molecule has 0 spiro atoms. The van der Waals surface area contributed by atoms with Crippen LogP contribution in [0.5, 0.6) is 5.75 Å². The number of benzene rings is 2. The number of rotatable bonds is 4.